The average molecular weight is 642 g/mol. The SMILES string of the molecule is C[C@H]1[C@H]([Si](C)(C)F)[C@@H](CC(=O)N2Cc3ccccc3C[C@H]2CO)O[C@H]1CCc1ccc(NC(=O)Cc2c[nH]c3ccccc23)cc1. The number of para-hydroxylation sites is 1. The molecule has 3 aromatic carbocycles. The molecule has 2 aliphatic heterocycles. The van der Waals surface area contributed by atoms with Crippen LogP contribution in [0, 0.1) is 5.92 Å². The Bertz CT molecular complexity index is 1680. The number of aliphatic hydroxyl groups excluding tert-OH is 1. The van der Waals surface area contributed by atoms with Crippen LogP contribution in [0.3, 0.4) is 0 Å². The number of carbonyl (C=O) groups excluding carboxylic acids is 2. The number of benzene rings is 3. The van der Waals surface area contributed by atoms with Crippen molar-refractivity contribution in [2.45, 2.75) is 82.5 Å². The van der Waals surface area contributed by atoms with Crippen molar-refractivity contribution in [2.24, 2.45) is 5.92 Å². The van der Waals surface area contributed by atoms with E-state index in [1.807, 2.05) is 72.9 Å². The van der Waals surface area contributed by atoms with E-state index in [0.29, 0.717) is 13.0 Å². The average Bonchev–Trinajstić information content (AvgIpc) is 3.59. The van der Waals surface area contributed by atoms with Crippen LogP contribution in [0.25, 0.3) is 10.9 Å². The molecule has 9 heteroatoms. The number of H-pyrrole nitrogens is 1. The molecule has 6 rings (SSSR count). The fourth-order valence-corrected chi connectivity index (χ4v) is 10.2. The van der Waals surface area contributed by atoms with Crippen molar-refractivity contribution in [2.75, 3.05) is 11.9 Å². The summed E-state index contributed by atoms with van der Waals surface area (Å²) < 4.78 is 22.3. The van der Waals surface area contributed by atoms with Crippen molar-refractivity contribution in [3.63, 3.8) is 0 Å². The van der Waals surface area contributed by atoms with Gasteiger partial charge in [-0.3, -0.25) is 9.59 Å². The van der Waals surface area contributed by atoms with Crippen LogP contribution >= 0.6 is 0 Å². The van der Waals surface area contributed by atoms with Crippen LogP contribution in [-0.4, -0.2) is 60.1 Å². The van der Waals surface area contributed by atoms with Gasteiger partial charge >= 0.3 is 0 Å². The zero-order chi connectivity index (χ0) is 32.4. The van der Waals surface area contributed by atoms with Gasteiger partial charge in [-0.1, -0.05) is 61.5 Å². The molecule has 1 saturated heterocycles. The van der Waals surface area contributed by atoms with E-state index in [-0.39, 0.29) is 54.9 Å². The molecule has 46 heavy (non-hydrogen) atoms. The highest BCUT2D eigenvalue weighted by molar-refractivity contribution is 6.72. The summed E-state index contributed by atoms with van der Waals surface area (Å²) in [6.45, 7) is 5.85. The largest absolute Gasteiger partial charge is 0.394 e. The molecule has 0 bridgehead atoms. The van der Waals surface area contributed by atoms with Gasteiger partial charge < -0.3 is 29.2 Å². The number of fused-ring (bicyclic) bond motifs is 2. The molecule has 0 unspecified atom stereocenters. The number of halogens is 1. The topological polar surface area (TPSA) is 94.7 Å². The fourth-order valence-electron chi connectivity index (χ4n) is 7.63. The van der Waals surface area contributed by atoms with Crippen molar-refractivity contribution < 1.29 is 23.5 Å². The highest BCUT2D eigenvalue weighted by Crippen LogP contribution is 2.47. The summed E-state index contributed by atoms with van der Waals surface area (Å²) in [5.41, 5.74) is 5.78. The first-order valence-electron chi connectivity index (χ1n) is 16.4. The van der Waals surface area contributed by atoms with Crippen LogP contribution < -0.4 is 5.32 Å². The molecule has 2 aliphatic rings. The second kappa shape index (κ2) is 13.5. The summed E-state index contributed by atoms with van der Waals surface area (Å²) in [4.78, 5) is 31.4. The van der Waals surface area contributed by atoms with Crippen molar-refractivity contribution in [1.29, 1.82) is 0 Å². The molecule has 0 spiro atoms. The molecule has 4 aromatic rings. The van der Waals surface area contributed by atoms with E-state index in [1.165, 1.54) is 0 Å². The van der Waals surface area contributed by atoms with E-state index in [0.717, 1.165) is 51.7 Å². The molecule has 1 aromatic heterocycles. The van der Waals surface area contributed by atoms with Crippen molar-refractivity contribution in [3.05, 3.63) is 101 Å². The molecule has 3 heterocycles. The number of ether oxygens (including phenoxy) is 1. The maximum atomic E-state index is 15.8. The maximum Gasteiger partial charge on any atom is 0.246 e. The molecule has 0 aliphatic carbocycles. The van der Waals surface area contributed by atoms with Crippen molar-refractivity contribution in [1.82, 2.24) is 9.88 Å². The summed E-state index contributed by atoms with van der Waals surface area (Å²) in [5, 5.41) is 14.1. The molecular formula is C37H44FN3O4Si. The Balaban J connectivity index is 1.05. The zero-order valence-electron chi connectivity index (χ0n) is 26.8. The lowest BCUT2D eigenvalue weighted by atomic mass is 9.93. The minimum Gasteiger partial charge on any atom is -0.394 e. The predicted molar refractivity (Wildman–Crippen MR) is 182 cm³/mol. The minimum atomic E-state index is -3.15. The first-order chi connectivity index (χ1) is 22.1. The van der Waals surface area contributed by atoms with E-state index >= 15 is 4.11 Å². The Kier molecular flexibility index (Phi) is 9.45. The molecule has 3 N–H and O–H groups in total. The van der Waals surface area contributed by atoms with Gasteiger partial charge in [0.15, 0.2) is 0 Å². The molecule has 5 atom stereocenters. The van der Waals surface area contributed by atoms with Gasteiger partial charge in [-0.05, 0) is 78.7 Å². The number of amides is 2. The molecule has 0 radical (unpaired) electrons. The van der Waals surface area contributed by atoms with E-state index in [4.69, 9.17) is 4.74 Å². The normalized spacial score (nSPS) is 23.0. The monoisotopic (exact) mass is 641 g/mol. The van der Waals surface area contributed by atoms with E-state index in [2.05, 4.69) is 23.3 Å². The Labute approximate surface area is 271 Å². The molecule has 242 valence electrons. The van der Waals surface area contributed by atoms with Crippen LogP contribution in [0.5, 0.6) is 0 Å². The zero-order valence-corrected chi connectivity index (χ0v) is 27.8. The van der Waals surface area contributed by atoms with Gasteiger partial charge in [0.1, 0.15) is 0 Å². The van der Waals surface area contributed by atoms with E-state index < -0.39 is 14.5 Å². The molecule has 0 saturated carbocycles. The quantitative estimate of drug-likeness (QED) is 0.135. The summed E-state index contributed by atoms with van der Waals surface area (Å²) in [6, 6.07) is 23.5. The Morgan fingerprint density at radius 2 is 1.74 bits per heavy atom. The van der Waals surface area contributed by atoms with Crippen LogP contribution in [-0.2, 0) is 40.1 Å². The van der Waals surface area contributed by atoms with Gasteiger partial charge in [-0.2, -0.15) is 0 Å². The third-order valence-corrected chi connectivity index (χ3v) is 12.4. The van der Waals surface area contributed by atoms with E-state index in [1.54, 1.807) is 18.0 Å². The highest BCUT2D eigenvalue weighted by Gasteiger charge is 2.52. The number of rotatable bonds is 10. The fraction of sp³-hybridized carbons (Fsp3) is 0.405. The Morgan fingerprint density at radius 3 is 2.48 bits per heavy atom. The number of hydrogen-bond donors (Lipinski definition) is 3. The predicted octanol–water partition coefficient (Wildman–Crippen LogP) is 6.57. The van der Waals surface area contributed by atoms with E-state index in [9.17, 15) is 14.7 Å². The minimum absolute atomic E-state index is 0.0109. The lowest BCUT2D eigenvalue weighted by Crippen LogP contribution is -2.48. The number of carbonyl (C=O) groups is 2. The van der Waals surface area contributed by atoms with Gasteiger partial charge in [-0.15, -0.1) is 0 Å². The van der Waals surface area contributed by atoms with Crippen molar-refractivity contribution >= 4 is 36.8 Å². The second-order valence-electron chi connectivity index (χ2n) is 13.5. The molecule has 7 nitrogen and oxygen atoms in total. The second-order valence-corrected chi connectivity index (χ2v) is 17.3. The van der Waals surface area contributed by atoms with Crippen LogP contribution in [0.15, 0.2) is 79.0 Å². The van der Waals surface area contributed by atoms with Gasteiger partial charge in [0.05, 0.1) is 37.7 Å². The number of anilines is 1. The third kappa shape index (κ3) is 6.96. The first kappa shape index (κ1) is 32.2. The van der Waals surface area contributed by atoms with Gasteiger partial charge in [0.2, 0.25) is 20.2 Å². The summed E-state index contributed by atoms with van der Waals surface area (Å²) >= 11 is 0. The number of nitrogens with one attached hydrogen (secondary N) is 2. The highest BCUT2D eigenvalue weighted by atomic mass is 28.4. The van der Waals surface area contributed by atoms with Crippen LogP contribution in [0.2, 0.25) is 18.6 Å². The lowest BCUT2D eigenvalue weighted by Gasteiger charge is -2.37. The van der Waals surface area contributed by atoms with Crippen molar-refractivity contribution in [3.8, 4) is 0 Å². The van der Waals surface area contributed by atoms with Gasteiger partial charge in [0.25, 0.3) is 0 Å². The number of aromatic nitrogens is 1. The summed E-state index contributed by atoms with van der Waals surface area (Å²) in [7, 11) is -3.15. The maximum absolute atomic E-state index is 15.8. The van der Waals surface area contributed by atoms with Gasteiger partial charge in [-0.25, -0.2) is 0 Å². The summed E-state index contributed by atoms with van der Waals surface area (Å²) in [6.07, 6.45) is 3.73. The lowest BCUT2D eigenvalue weighted by molar-refractivity contribution is -0.138. The van der Waals surface area contributed by atoms with Gasteiger partial charge in [0, 0.05) is 34.9 Å². The molecular weight excluding hydrogens is 598 g/mol. The van der Waals surface area contributed by atoms with Crippen LogP contribution in [0.4, 0.5) is 9.80 Å². The first-order valence-corrected chi connectivity index (χ1v) is 19.3. The third-order valence-electron chi connectivity index (χ3n) is 9.94. The molecule has 1 fully saturated rings. The van der Waals surface area contributed by atoms with Crippen LogP contribution in [0.1, 0.15) is 42.0 Å². The number of aliphatic hydroxyl groups is 1. The standard InChI is InChI=1S/C37H44FN3O4Si/c1-24-33(17-14-25-12-15-29(16-13-25)40-35(43)19-28-21-39-32-11-7-6-10-31(28)32)45-34(37(24)46(2,3)38)20-36(44)41-22-27-9-5-4-8-26(27)18-30(41)23-42/h4-13,15-16,21,24,30,33-34,37,39,42H,14,17-20,22-23H2,1-3H3,(H,40,43)/t24-,30+,33+,34-,37+/m1/s1. The Hall–Kier alpha value is -3.79. The number of aryl methyl sites for hydroxylation is 1. The molecule has 2 amide bonds. The Morgan fingerprint density at radius 1 is 1.02 bits per heavy atom. The smallest absolute Gasteiger partial charge is 0.246 e. The number of nitrogens with zero attached hydrogens (tertiary/aromatic N) is 1. The number of hydrogen-bond acceptors (Lipinski definition) is 4. The number of aromatic amines is 1. The summed E-state index contributed by atoms with van der Waals surface area (Å²) in [5.74, 6) is -0.172.